The van der Waals surface area contributed by atoms with Crippen molar-refractivity contribution in [2.45, 2.75) is 24.2 Å². The molecule has 1 heterocycles. The number of carbonyl (C=O) groups excluding carboxylic acids is 2. The summed E-state index contributed by atoms with van der Waals surface area (Å²) in [5, 5.41) is 0. The highest BCUT2D eigenvalue weighted by molar-refractivity contribution is 7.90. The molecular weight excluding hydrogens is 390 g/mol. The minimum Gasteiger partial charge on any atom is -0.454 e. The highest BCUT2D eigenvalue weighted by Crippen LogP contribution is 2.46. The van der Waals surface area contributed by atoms with Crippen molar-refractivity contribution < 1.29 is 22.7 Å². The van der Waals surface area contributed by atoms with Gasteiger partial charge in [-0.05, 0) is 35.9 Å². The number of carbonyl (C=O) groups is 2. The molecule has 2 aromatic rings. The maximum absolute atomic E-state index is 12.4. The first-order chi connectivity index (χ1) is 13.5. The van der Waals surface area contributed by atoms with Gasteiger partial charge in [-0.15, -0.1) is 0 Å². The second-order valence-electron chi connectivity index (χ2n) is 7.57. The van der Waals surface area contributed by atoms with E-state index in [0.29, 0.717) is 0 Å². The van der Waals surface area contributed by atoms with Crippen LogP contribution in [0.2, 0.25) is 0 Å². The zero-order chi connectivity index (χ0) is 21.4. The minimum absolute atomic E-state index is 0.112. The molecule has 0 amide bonds. The van der Waals surface area contributed by atoms with Gasteiger partial charge in [-0.25, -0.2) is 13.2 Å². The summed E-state index contributed by atoms with van der Waals surface area (Å²) in [5.41, 5.74) is 2.84. The Hall–Kier alpha value is -2.93. The van der Waals surface area contributed by atoms with Crippen LogP contribution in [0.1, 0.15) is 29.8 Å². The van der Waals surface area contributed by atoms with Crippen LogP contribution >= 0.6 is 0 Å². The highest BCUT2D eigenvalue weighted by Gasteiger charge is 2.38. The first-order valence-corrected chi connectivity index (χ1v) is 11.0. The predicted molar refractivity (Wildman–Crippen MR) is 111 cm³/mol. The van der Waals surface area contributed by atoms with E-state index < -0.39 is 22.4 Å². The number of allylic oxidation sites excluding steroid dienone is 1. The third-order valence-electron chi connectivity index (χ3n) is 5.10. The van der Waals surface area contributed by atoms with Crippen LogP contribution in [-0.4, -0.2) is 40.1 Å². The first-order valence-electron chi connectivity index (χ1n) is 9.07. The Morgan fingerprint density at radius 1 is 1.07 bits per heavy atom. The SMILES string of the molecule is CN1C(=CC(=O)COC(=O)c2ccc(S(C)(=O)=O)cc2)C(C)(C)c2ccccc21. The van der Waals surface area contributed by atoms with Gasteiger partial charge in [0, 0.05) is 36.2 Å². The van der Waals surface area contributed by atoms with Gasteiger partial charge < -0.3 is 9.64 Å². The molecule has 0 fully saturated rings. The van der Waals surface area contributed by atoms with Crippen molar-refractivity contribution in [2.75, 3.05) is 24.8 Å². The lowest BCUT2D eigenvalue weighted by atomic mass is 9.83. The number of benzene rings is 2. The number of para-hydroxylation sites is 1. The van der Waals surface area contributed by atoms with Gasteiger partial charge in [-0.3, -0.25) is 4.79 Å². The molecule has 3 rings (SSSR count). The molecule has 152 valence electrons. The zero-order valence-corrected chi connectivity index (χ0v) is 17.6. The lowest BCUT2D eigenvalue weighted by Crippen LogP contribution is -2.25. The summed E-state index contributed by atoms with van der Waals surface area (Å²) in [5.74, 6) is -1.01. The Labute approximate surface area is 170 Å². The van der Waals surface area contributed by atoms with Crippen LogP contribution in [0.25, 0.3) is 0 Å². The molecule has 1 aliphatic heterocycles. The van der Waals surface area contributed by atoms with Gasteiger partial charge in [-0.2, -0.15) is 0 Å². The summed E-state index contributed by atoms with van der Waals surface area (Å²) >= 11 is 0. The standard InChI is InChI=1S/C22H23NO5S/c1-22(2)18-7-5-6-8-19(18)23(3)20(22)13-16(24)14-28-21(25)15-9-11-17(12-10-15)29(4,26)27/h5-13H,14H2,1-4H3. The Kier molecular flexibility index (Phi) is 5.36. The fourth-order valence-electron chi connectivity index (χ4n) is 3.51. The van der Waals surface area contributed by atoms with E-state index in [1.807, 2.05) is 50.1 Å². The number of anilines is 1. The van der Waals surface area contributed by atoms with Gasteiger partial charge in [0.15, 0.2) is 22.2 Å². The fourth-order valence-corrected chi connectivity index (χ4v) is 4.14. The molecule has 0 aromatic heterocycles. The van der Waals surface area contributed by atoms with Crippen LogP contribution in [0, 0.1) is 0 Å². The molecule has 2 aromatic carbocycles. The smallest absolute Gasteiger partial charge is 0.338 e. The van der Waals surface area contributed by atoms with Crippen LogP contribution < -0.4 is 4.90 Å². The number of nitrogens with zero attached hydrogens (tertiary/aromatic N) is 1. The average molecular weight is 413 g/mol. The Morgan fingerprint density at radius 3 is 2.28 bits per heavy atom. The van der Waals surface area contributed by atoms with Crippen molar-refractivity contribution in [3.8, 4) is 0 Å². The largest absolute Gasteiger partial charge is 0.454 e. The van der Waals surface area contributed by atoms with E-state index in [0.717, 1.165) is 23.2 Å². The number of fused-ring (bicyclic) bond motifs is 1. The summed E-state index contributed by atoms with van der Waals surface area (Å²) in [6.07, 6.45) is 2.60. The van der Waals surface area contributed by atoms with E-state index in [9.17, 15) is 18.0 Å². The Balaban J connectivity index is 1.69. The van der Waals surface area contributed by atoms with Crippen molar-refractivity contribution >= 4 is 27.3 Å². The average Bonchev–Trinajstić information content (AvgIpc) is 2.86. The van der Waals surface area contributed by atoms with Crippen LogP contribution in [-0.2, 0) is 24.8 Å². The van der Waals surface area contributed by atoms with E-state index in [2.05, 4.69) is 0 Å². The quantitative estimate of drug-likeness (QED) is 0.553. The molecule has 1 aliphatic rings. The maximum Gasteiger partial charge on any atom is 0.338 e. The summed E-state index contributed by atoms with van der Waals surface area (Å²) in [7, 11) is -1.44. The maximum atomic E-state index is 12.4. The molecule has 0 aliphatic carbocycles. The number of ketones is 1. The Bertz CT molecular complexity index is 1100. The molecule has 6 nitrogen and oxygen atoms in total. The van der Waals surface area contributed by atoms with Crippen molar-refractivity contribution in [3.05, 3.63) is 71.4 Å². The highest BCUT2D eigenvalue weighted by atomic mass is 32.2. The molecule has 7 heteroatoms. The number of sulfone groups is 1. The van der Waals surface area contributed by atoms with Gasteiger partial charge >= 0.3 is 5.97 Å². The normalized spacial score (nSPS) is 16.6. The number of ether oxygens (including phenoxy) is 1. The third-order valence-corrected chi connectivity index (χ3v) is 6.23. The third kappa shape index (κ3) is 4.10. The van der Waals surface area contributed by atoms with Gasteiger partial charge in [-0.1, -0.05) is 32.0 Å². The van der Waals surface area contributed by atoms with Crippen molar-refractivity contribution in [3.63, 3.8) is 0 Å². The van der Waals surface area contributed by atoms with Crippen LogP contribution in [0.5, 0.6) is 0 Å². The molecule has 0 saturated carbocycles. The first kappa shape index (κ1) is 20.8. The number of esters is 1. The van der Waals surface area contributed by atoms with E-state index >= 15 is 0 Å². The van der Waals surface area contributed by atoms with E-state index in [1.165, 1.54) is 30.3 Å². The number of hydrogen-bond donors (Lipinski definition) is 0. The van der Waals surface area contributed by atoms with Gasteiger partial charge in [0.05, 0.1) is 10.5 Å². The molecule has 0 atom stereocenters. The second-order valence-corrected chi connectivity index (χ2v) is 9.59. The van der Waals surface area contributed by atoms with Crippen LogP contribution in [0.15, 0.2) is 65.2 Å². The number of hydrogen-bond acceptors (Lipinski definition) is 6. The summed E-state index contributed by atoms with van der Waals surface area (Å²) < 4.78 is 28.1. The molecule has 0 unspecified atom stereocenters. The predicted octanol–water partition coefficient (Wildman–Crippen LogP) is 3.13. The van der Waals surface area contributed by atoms with Gasteiger partial charge in [0.25, 0.3) is 0 Å². The lowest BCUT2D eigenvalue weighted by Gasteiger charge is -2.23. The summed E-state index contributed by atoms with van der Waals surface area (Å²) in [6.45, 7) is 3.70. The molecule has 0 N–H and O–H groups in total. The number of rotatable bonds is 5. The van der Waals surface area contributed by atoms with Gasteiger partial charge in [0.1, 0.15) is 0 Å². The summed E-state index contributed by atoms with van der Waals surface area (Å²) in [6, 6.07) is 13.4. The minimum atomic E-state index is -3.34. The van der Waals surface area contributed by atoms with Crippen molar-refractivity contribution in [1.29, 1.82) is 0 Å². The second kappa shape index (κ2) is 7.48. The Morgan fingerprint density at radius 2 is 1.69 bits per heavy atom. The zero-order valence-electron chi connectivity index (χ0n) is 16.8. The topological polar surface area (TPSA) is 80.8 Å². The van der Waals surface area contributed by atoms with Crippen molar-refractivity contribution in [1.82, 2.24) is 0 Å². The van der Waals surface area contributed by atoms with E-state index in [1.54, 1.807) is 0 Å². The molecular formula is C22H23NO5S. The molecule has 0 spiro atoms. The molecule has 0 bridgehead atoms. The van der Waals surface area contributed by atoms with Crippen LogP contribution in [0.4, 0.5) is 5.69 Å². The van der Waals surface area contributed by atoms with E-state index in [-0.39, 0.29) is 21.7 Å². The lowest BCUT2D eigenvalue weighted by molar-refractivity contribution is -0.117. The molecule has 0 saturated heterocycles. The van der Waals surface area contributed by atoms with Crippen molar-refractivity contribution in [2.24, 2.45) is 0 Å². The summed E-state index contributed by atoms with van der Waals surface area (Å²) in [4.78, 5) is 26.7. The number of likely N-dealkylation sites (N-methyl/N-ethyl adjacent to an activating group) is 1. The van der Waals surface area contributed by atoms with E-state index in [4.69, 9.17) is 4.74 Å². The van der Waals surface area contributed by atoms with Gasteiger partial charge in [0.2, 0.25) is 0 Å². The molecule has 29 heavy (non-hydrogen) atoms. The molecule has 0 radical (unpaired) electrons. The fraction of sp³-hybridized carbons (Fsp3) is 0.273. The monoisotopic (exact) mass is 413 g/mol. The van der Waals surface area contributed by atoms with Crippen LogP contribution in [0.3, 0.4) is 0 Å².